The summed E-state index contributed by atoms with van der Waals surface area (Å²) in [7, 11) is 1.73. The van der Waals surface area contributed by atoms with E-state index in [0.717, 1.165) is 11.4 Å². The smallest absolute Gasteiger partial charge is 0.186 e. The Morgan fingerprint density at radius 2 is 2.54 bits per heavy atom. The Hall–Kier alpha value is -1.43. The van der Waals surface area contributed by atoms with Gasteiger partial charge in [-0.05, 0) is 25.2 Å². The molecule has 0 saturated heterocycles. The second-order valence-electron chi connectivity index (χ2n) is 2.42. The third-order valence-corrected chi connectivity index (χ3v) is 1.61. The van der Waals surface area contributed by atoms with Crippen molar-refractivity contribution in [1.29, 1.82) is 0 Å². The molecule has 1 heterocycles. The minimum Gasteiger partial charge on any atom is -0.364 e. The van der Waals surface area contributed by atoms with Crippen LogP contribution in [-0.2, 0) is 0 Å². The maximum absolute atomic E-state index is 4.81. The lowest BCUT2D eigenvalue weighted by molar-refractivity contribution is 0.977. The highest BCUT2D eigenvalue weighted by Crippen LogP contribution is 1.92. The first-order valence-corrected chi connectivity index (χ1v) is 4.16. The van der Waals surface area contributed by atoms with Crippen LogP contribution >= 0.6 is 12.2 Å². The molecule has 0 bridgehead atoms. The van der Waals surface area contributed by atoms with Crippen LogP contribution < -0.4 is 10.7 Å². The fraction of sp³-hybridized carbons (Fsp3) is 0.286. The quantitative estimate of drug-likeness (QED) is 0.358. The molecule has 0 aliphatic rings. The zero-order valence-corrected chi connectivity index (χ0v) is 8.27. The molecule has 3 N–H and O–H groups in total. The number of nitrogens with zero attached hydrogens (tertiary/aromatic N) is 2. The highest BCUT2D eigenvalue weighted by Gasteiger charge is 1.92. The van der Waals surface area contributed by atoms with E-state index in [1.807, 2.05) is 13.0 Å². The van der Waals surface area contributed by atoms with E-state index >= 15 is 0 Å². The van der Waals surface area contributed by atoms with Crippen LogP contribution in [-0.4, -0.2) is 28.6 Å². The van der Waals surface area contributed by atoms with Crippen LogP contribution in [0.25, 0.3) is 0 Å². The zero-order chi connectivity index (χ0) is 9.68. The van der Waals surface area contributed by atoms with Gasteiger partial charge in [-0.25, -0.2) is 0 Å². The largest absolute Gasteiger partial charge is 0.364 e. The van der Waals surface area contributed by atoms with Crippen molar-refractivity contribution in [2.45, 2.75) is 6.92 Å². The van der Waals surface area contributed by atoms with Crippen LogP contribution in [0.4, 0.5) is 0 Å². The topological polar surface area (TPSA) is 65.1 Å². The number of aryl methyl sites for hydroxylation is 1. The Morgan fingerprint density at radius 3 is 3.08 bits per heavy atom. The summed E-state index contributed by atoms with van der Waals surface area (Å²) < 4.78 is 0. The van der Waals surface area contributed by atoms with E-state index in [1.54, 1.807) is 13.3 Å². The Labute approximate surface area is 81.6 Å². The molecule has 0 aliphatic carbocycles. The molecule has 0 saturated carbocycles. The monoisotopic (exact) mass is 197 g/mol. The summed E-state index contributed by atoms with van der Waals surface area (Å²) in [6.07, 6.45) is 1.59. The van der Waals surface area contributed by atoms with Crippen molar-refractivity contribution in [1.82, 2.24) is 20.9 Å². The molecule has 0 aromatic carbocycles. The first-order chi connectivity index (χ1) is 6.22. The van der Waals surface area contributed by atoms with Crippen molar-refractivity contribution >= 4 is 23.5 Å². The standard InChI is InChI=1S/C7H11N5S/c1-5-3-6(11-10-5)4-9-12-7(13)8-2/h3-4H,1-2H3,(H,10,11)(H2,8,12,13)/b9-4+. The molecular weight excluding hydrogens is 186 g/mol. The second-order valence-corrected chi connectivity index (χ2v) is 2.83. The number of hydrazone groups is 1. The van der Waals surface area contributed by atoms with Gasteiger partial charge in [-0.2, -0.15) is 10.2 Å². The number of thiocarbonyl (C=S) groups is 1. The first kappa shape index (κ1) is 9.66. The van der Waals surface area contributed by atoms with Crippen molar-refractivity contribution < 1.29 is 0 Å². The SMILES string of the molecule is CNC(=S)N/N=C/c1cc(C)[nH]n1. The molecule has 13 heavy (non-hydrogen) atoms. The lowest BCUT2D eigenvalue weighted by atomic mass is 10.4. The van der Waals surface area contributed by atoms with E-state index in [9.17, 15) is 0 Å². The van der Waals surface area contributed by atoms with E-state index < -0.39 is 0 Å². The lowest BCUT2D eigenvalue weighted by Gasteiger charge is -1.97. The summed E-state index contributed by atoms with van der Waals surface area (Å²) in [4.78, 5) is 0. The molecule has 0 unspecified atom stereocenters. The molecule has 0 amide bonds. The molecule has 1 aromatic heterocycles. The van der Waals surface area contributed by atoms with Gasteiger partial charge in [-0.15, -0.1) is 0 Å². The first-order valence-electron chi connectivity index (χ1n) is 3.75. The molecule has 6 heteroatoms. The second kappa shape index (κ2) is 4.56. The van der Waals surface area contributed by atoms with Crippen LogP contribution in [0.3, 0.4) is 0 Å². The maximum atomic E-state index is 4.81. The number of nitrogens with one attached hydrogen (secondary N) is 3. The van der Waals surface area contributed by atoms with Gasteiger partial charge in [0.25, 0.3) is 0 Å². The summed E-state index contributed by atoms with van der Waals surface area (Å²) in [6.45, 7) is 1.93. The lowest BCUT2D eigenvalue weighted by Crippen LogP contribution is -2.28. The van der Waals surface area contributed by atoms with Crippen molar-refractivity contribution in [3.8, 4) is 0 Å². The predicted molar refractivity (Wildman–Crippen MR) is 55.7 cm³/mol. The van der Waals surface area contributed by atoms with Crippen molar-refractivity contribution in [2.24, 2.45) is 5.10 Å². The highest BCUT2D eigenvalue weighted by molar-refractivity contribution is 7.80. The Bertz CT molecular complexity index is 316. The number of hydrogen-bond acceptors (Lipinski definition) is 3. The summed E-state index contributed by atoms with van der Waals surface area (Å²) >= 11 is 4.81. The van der Waals surface area contributed by atoms with E-state index in [4.69, 9.17) is 12.2 Å². The van der Waals surface area contributed by atoms with Gasteiger partial charge in [-0.3, -0.25) is 10.5 Å². The van der Waals surface area contributed by atoms with Crippen molar-refractivity contribution in [2.75, 3.05) is 7.05 Å². The average Bonchev–Trinajstić information content (AvgIpc) is 2.51. The van der Waals surface area contributed by atoms with E-state index in [0.29, 0.717) is 5.11 Å². The number of hydrogen-bond donors (Lipinski definition) is 3. The van der Waals surface area contributed by atoms with Gasteiger partial charge in [0.05, 0.1) is 6.21 Å². The Balaban J connectivity index is 2.45. The number of aromatic amines is 1. The molecule has 0 radical (unpaired) electrons. The predicted octanol–water partition coefficient (Wildman–Crippen LogP) is 0.146. The minimum absolute atomic E-state index is 0.475. The third-order valence-electron chi connectivity index (χ3n) is 1.32. The van der Waals surface area contributed by atoms with Gasteiger partial charge in [0.15, 0.2) is 5.11 Å². The summed E-state index contributed by atoms with van der Waals surface area (Å²) in [5, 5.41) is 13.8. The fourth-order valence-electron chi connectivity index (χ4n) is 0.718. The zero-order valence-electron chi connectivity index (χ0n) is 7.46. The number of H-pyrrole nitrogens is 1. The molecule has 0 fully saturated rings. The van der Waals surface area contributed by atoms with Crippen LogP contribution in [0.5, 0.6) is 0 Å². The van der Waals surface area contributed by atoms with Gasteiger partial charge >= 0.3 is 0 Å². The van der Waals surface area contributed by atoms with Gasteiger partial charge in [0.2, 0.25) is 0 Å². The number of aromatic nitrogens is 2. The minimum atomic E-state index is 0.475. The Morgan fingerprint density at radius 1 is 1.77 bits per heavy atom. The molecule has 0 atom stereocenters. The van der Waals surface area contributed by atoms with Crippen LogP contribution in [0.2, 0.25) is 0 Å². The van der Waals surface area contributed by atoms with E-state index in [1.165, 1.54) is 0 Å². The highest BCUT2D eigenvalue weighted by atomic mass is 32.1. The molecule has 1 rings (SSSR count). The van der Waals surface area contributed by atoms with Gasteiger partial charge in [0.1, 0.15) is 5.69 Å². The number of rotatable bonds is 2. The van der Waals surface area contributed by atoms with Crippen molar-refractivity contribution in [3.05, 3.63) is 17.5 Å². The molecule has 5 nitrogen and oxygen atoms in total. The fourth-order valence-corrected chi connectivity index (χ4v) is 0.771. The molecule has 70 valence electrons. The molecule has 1 aromatic rings. The molecular formula is C7H11N5S. The van der Waals surface area contributed by atoms with Crippen LogP contribution in [0.15, 0.2) is 11.2 Å². The third kappa shape index (κ3) is 3.20. The van der Waals surface area contributed by atoms with E-state index in [2.05, 4.69) is 26.0 Å². The summed E-state index contributed by atoms with van der Waals surface area (Å²) in [5.41, 5.74) is 4.39. The Kier molecular flexibility index (Phi) is 3.39. The summed E-state index contributed by atoms with van der Waals surface area (Å²) in [5.74, 6) is 0. The normalized spacial score (nSPS) is 10.3. The maximum Gasteiger partial charge on any atom is 0.186 e. The average molecular weight is 197 g/mol. The van der Waals surface area contributed by atoms with E-state index in [-0.39, 0.29) is 0 Å². The van der Waals surface area contributed by atoms with Gasteiger partial charge in [-0.1, -0.05) is 0 Å². The van der Waals surface area contributed by atoms with Gasteiger partial charge < -0.3 is 5.32 Å². The molecule has 0 spiro atoms. The summed E-state index contributed by atoms with van der Waals surface area (Å²) in [6, 6.07) is 1.88. The molecule has 0 aliphatic heterocycles. The van der Waals surface area contributed by atoms with Crippen LogP contribution in [0, 0.1) is 6.92 Å². The van der Waals surface area contributed by atoms with Crippen LogP contribution in [0.1, 0.15) is 11.4 Å². The van der Waals surface area contributed by atoms with Gasteiger partial charge in [0, 0.05) is 12.7 Å². The van der Waals surface area contributed by atoms with Crippen molar-refractivity contribution in [3.63, 3.8) is 0 Å².